The van der Waals surface area contributed by atoms with Gasteiger partial charge in [-0.25, -0.2) is 4.79 Å². The van der Waals surface area contributed by atoms with Crippen molar-refractivity contribution in [1.29, 1.82) is 0 Å². The van der Waals surface area contributed by atoms with Crippen LogP contribution in [0.4, 0.5) is 5.69 Å². The highest BCUT2D eigenvalue weighted by Gasteiger charge is 2.19. The molecule has 20 heavy (non-hydrogen) atoms. The number of nitrogens with zero attached hydrogens (tertiary/aromatic N) is 2. The molecule has 0 aliphatic heterocycles. The van der Waals surface area contributed by atoms with E-state index < -0.39 is 22.5 Å². The van der Waals surface area contributed by atoms with Crippen LogP contribution in [0.1, 0.15) is 20.7 Å². The molecule has 1 rings (SSSR count). The van der Waals surface area contributed by atoms with E-state index in [4.69, 9.17) is 9.84 Å². The second-order valence-corrected chi connectivity index (χ2v) is 4.05. The summed E-state index contributed by atoms with van der Waals surface area (Å²) >= 11 is 0. The molecule has 0 bridgehead atoms. The SMILES string of the molecule is COCCN(C)C(=O)c1cc(C(=O)O)cc([N+](=O)[O-])c1. The fourth-order valence-corrected chi connectivity index (χ4v) is 1.51. The van der Waals surface area contributed by atoms with Crippen LogP contribution in [0, 0.1) is 10.1 Å². The van der Waals surface area contributed by atoms with Crippen LogP contribution < -0.4 is 0 Å². The number of benzene rings is 1. The Morgan fingerprint density at radius 1 is 1.35 bits per heavy atom. The standard InChI is InChI=1S/C12H14N2O6/c1-13(3-4-20-2)11(15)8-5-9(12(16)17)7-10(6-8)14(18)19/h5-7H,3-4H2,1-2H3,(H,16,17). The normalized spacial score (nSPS) is 10.1. The van der Waals surface area contributed by atoms with Crippen molar-refractivity contribution >= 4 is 17.6 Å². The zero-order valence-corrected chi connectivity index (χ0v) is 11.0. The van der Waals surface area contributed by atoms with Crippen LogP contribution in [0.2, 0.25) is 0 Å². The second-order valence-electron chi connectivity index (χ2n) is 4.05. The fraction of sp³-hybridized carbons (Fsp3) is 0.333. The van der Waals surface area contributed by atoms with E-state index in [1.165, 1.54) is 19.1 Å². The molecule has 1 aromatic rings. The van der Waals surface area contributed by atoms with Gasteiger partial charge in [0, 0.05) is 38.4 Å². The third-order valence-electron chi connectivity index (χ3n) is 2.60. The summed E-state index contributed by atoms with van der Waals surface area (Å²) in [4.78, 5) is 34.3. The van der Waals surface area contributed by atoms with Crippen LogP contribution in [0.25, 0.3) is 0 Å². The highest BCUT2D eigenvalue weighted by molar-refractivity contribution is 5.98. The number of aromatic carboxylic acids is 1. The molecule has 0 fully saturated rings. The predicted molar refractivity (Wildman–Crippen MR) is 68.9 cm³/mol. The minimum Gasteiger partial charge on any atom is -0.478 e. The van der Waals surface area contributed by atoms with Gasteiger partial charge in [-0.3, -0.25) is 14.9 Å². The number of hydrogen-bond acceptors (Lipinski definition) is 5. The monoisotopic (exact) mass is 282 g/mol. The number of likely N-dealkylation sites (N-methyl/N-ethyl adjacent to an activating group) is 1. The van der Waals surface area contributed by atoms with Crippen LogP contribution in [0.15, 0.2) is 18.2 Å². The topological polar surface area (TPSA) is 110 Å². The average Bonchev–Trinajstić information content (AvgIpc) is 2.43. The Balaban J connectivity index is 3.13. The molecule has 1 amide bonds. The van der Waals surface area contributed by atoms with E-state index in [1.807, 2.05) is 0 Å². The van der Waals surface area contributed by atoms with E-state index in [2.05, 4.69) is 0 Å². The molecule has 0 aliphatic carbocycles. The van der Waals surface area contributed by atoms with Gasteiger partial charge in [-0.1, -0.05) is 0 Å². The largest absolute Gasteiger partial charge is 0.478 e. The number of ether oxygens (including phenoxy) is 1. The molecule has 0 heterocycles. The third-order valence-corrected chi connectivity index (χ3v) is 2.60. The van der Waals surface area contributed by atoms with Gasteiger partial charge in [0.25, 0.3) is 11.6 Å². The summed E-state index contributed by atoms with van der Waals surface area (Å²) in [5.74, 6) is -1.84. The smallest absolute Gasteiger partial charge is 0.335 e. The van der Waals surface area contributed by atoms with Crippen molar-refractivity contribution < 1.29 is 24.4 Å². The molecule has 108 valence electrons. The number of rotatable bonds is 6. The number of nitro benzene ring substituents is 1. The van der Waals surface area contributed by atoms with Gasteiger partial charge in [0.1, 0.15) is 0 Å². The molecule has 0 unspecified atom stereocenters. The maximum atomic E-state index is 12.1. The van der Waals surface area contributed by atoms with Gasteiger partial charge < -0.3 is 14.7 Å². The molecule has 0 radical (unpaired) electrons. The highest BCUT2D eigenvalue weighted by Crippen LogP contribution is 2.18. The van der Waals surface area contributed by atoms with Gasteiger partial charge in [-0.15, -0.1) is 0 Å². The molecule has 0 aromatic heterocycles. The molecule has 0 saturated heterocycles. The number of hydrogen-bond donors (Lipinski definition) is 1. The van der Waals surface area contributed by atoms with Gasteiger partial charge in [0.2, 0.25) is 0 Å². The lowest BCUT2D eigenvalue weighted by Gasteiger charge is -2.16. The summed E-state index contributed by atoms with van der Waals surface area (Å²) < 4.78 is 4.83. The minimum absolute atomic E-state index is 0.0461. The van der Waals surface area contributed by atoms with E-state index in [0.717, 1.165) is 18.2 Å². The minimum atomic E-state index is -1.33. The van der Waals surface area contributed by atoms with Gasteiger partial charge >= 0.3 is 5.97 Å². The average molecular weight is 282 g/mol. The van der Waals surface area contributed by atoms with Crippen molar-refractivity contribution in [1.82, 2.24) is 4.90 Å². The summed E-state index contributed by atoms with van der Waals surface area (Å²) in [6.07, 6.45) is 0. The van der Waals surface area contributed by atoms with Gasteiger partial charge in [-0.05, 0) is 6.07 Å². The molecule has 1 N–H and O–H groups in total. The Bertz CT molecular complexity index is 510. The van der Waals surface area contributed by atoms with Crippen molar-refractivity contribution in [2.24, 2.45) is 0 Å². The first kappa shape index (κ1) is 15.6. The lowest BCUT2D eigenvalue weighted by molar-refractivity contribution is -0.384. The summed E-state index contributed by atoms with van der Waals surface area (Å²) in [5, 5.41) is 19.7. The van der Waals surface area contributed by atoms with Crippen molar-refractivity contribution in [3.05, 3.63) is 39.4 Å². The van der Waals surface area contributed by atoms with Crippen LogP contribution in [-0.2, 0) is 4.74 Å². The second kappa shape index (κ2) is 6.62. The van der Waals surface area contributed by atoms with E-state index >= 15 is 0 Å². The molecule has 8 heteroatoms. The van der Waals surface area contributed by atoms with E-state index in [0.29, 0.717) is 13.2 Å². The molecule has 0 atom stereocenters. The molecular weight excluding hydrogens is 268 g/mol. The van der Waals surface area contributed by atoms with Crippen molar-refractivity contribution in [3.8, 4) is 0 Å². The summed E-state index contributed by atoms with van der Waals surface area (Å²) in [7, 11) is 2.98. The van der Waals surface area contributed by atoms with Crippen molar-refractivity contribution in [2.45, 2.75) is 0 Å². The number of non-ortho nitro benzene ring substituents is 1. The number of nitro groups is 1. The first-order valence-electron chi connectivity index (χ1n) is 5.64. The maximum absolute atomic E-state index is 12.1. The quantitative estimate of drug-likeness (QED) is 0.616. The molecule has 0 aliphatic rings. The van der Waals surface area contributed by atoms with Gasteiger partial charge in [0.15, 0.2) is 0 Å². The van der Waals surface area contributed by atoms with Crippen LogP contribution in [0.3, 0.4) is 0 Å². The van der Waals surface area contributed by atoms with E-state index in [9.17, 15) is 19.7 Å². The number of carbonyl (C=O) groups is 2. The van der Waals surface area contributed by atoms with Crippen molar-refractivity contribution in [2.75, 3.05) is 27.3 Å². The Morgan fingerprint density at radius 3 is 2.45 bits per heavy atom. The predicted octanol–water partition coefficient (Wildman–Crippen LogP) is 1.01. The highest BCUT2D eigenvalue weighted by atomic mass is 16.6. The van der Waals surface area contributed by atoms with Crippen LogP contribution >= 0.6 is 0 Å². The number of carboxylic acid groups (broad SMARTS) is 1. The fourth-order valence-electron chi connectivity index (χ4n) is 1.51. The maximum Gasteiger partial charge on any atom is 0.335 e. The summed E-state index contributed by atoms with van der Waals surface area (Å²) in [6.45, 7) is 0.601. The molecule has 0 saturated carbocycles. The Labute approximate surface area is 114 Å². The Morgan fingerprint density at radius 2 is 1.95 bits per heavy atom. The summed E-state index contributed by atoms with van der Waals surface area (Å²) in [5.41, 5.74) is -0.786. The zero-order valence-electron chi connectivity index (χ0n) is 11.0. The lowest BCUT2D eigenvalue weighted by atomic mass is 10.1. The molecule has 1 aromatic carbocycles. The number of carboxylic acids is 1. The Hall–Kier alpha value is -2.48. The number of amides is 1. The molecular formula is C12H14N2O6. The number of methoxy groups -OCH3 is 1. The third kappa shape index (κ3) is 3.75. The van der Waals surface area contributed by atoms with E-state index in [1.54, 1.807) is 0 Å². The van der Waals surface area contributed by atoms with Crippen LogP contribution in [-0.4, -0.2) is 54.1 Å². The molecule has 0 spiro atoms. The zero-order chi connectivity index (χ0) is 15.3. The van der Waals surface area contributed by atoms with Crippen LogP contribution in [0.5, 0.6) is 0 Å². The van der Waals surface area contributed by atoms with Crippen molar-refractivity contribution in [3.63, 3.8) is 0 Å². The first-order chi connectivity index (χ1) is 9.36. The first-order valence-corrected chi connectivity index (χ1v) is 5.64. The van der Waals surface area contributed by atoms with E-state index in [-0.39, 0.29) is 11.1 Å². The summed E-state index contributed by atoms with van der Waals surface area (Å²) in [6, 6.07) is 3.08. The number of carbonyl (C=O) groups excluding carboxylic acids is 1. The lowest BCUT2D eigenvalue weighted by Crippen LogP contribution is -2.30. The van der Waals surface area contributed by atoms with Gasteiger partial charge in [-0.2, -0.15) is 0 Å². The molecule has 8 nitrogen and oxygen atoms in total. The Kier molecular flexibility index (Phi) is 5.15. The van der Waals surface area contributed by atoms with Gasteiger partial charge in [0.05, 0.1) is 17.1 Å².